The first-order valence-electron chi connectivity index (χ1n) is 12.7. The van der Waals surface area contributed by atoms with Crippen LogP contribution in [0.1, 0.15) is 28.3 Å². The van der Waals surface area contributed by atoms with E-state index in [1.54, 1.807) is 12.2 Å². The van der Waals surface area contributed by atoms with Crippen molar-refractivity contribution in [1.82, 2.24) is 19.0 Å². The molecule has 208 valence electrons. The topological polar surface area (TPSA) is 78.7 Å². The number of sulfonamides is 1. The Morgan fingerprint density at radius 2 is 1.74 bits per heavy atom. The van der Waals surface area contributed by atoms with Gasteiger partial charge in [-0.1, -0.05) is 54.6 Å². The predicted molar refractivity (Wildman–Crippen MR) is 142 cm³/mol. The van der Waals surface area contributed by atoms with E-state index >= 15 is 0 Å². The molecule has 2 aromatic carbocycles. The van der Waals surface area contributed by atoms with Crippen molar-refractivity contribution in [3.63, 3.8) is 0 Å². The summed E-state index contributed by atoms with van der Waals surface area (Å²) in [5.41, 5.74) is 4.09. The molecule has 3 aromatic rings. The van der Waals surface area contributed by atoms with Gasteiger partial charge in [0, 0.05) is 50.9 Å². The zero-order valence-corrected chi connectivity index (χ0v) is 22.7. The van der Waals surface area contributed by atoms with Gasteiger partial charge < -0.3 is 5.11 Å². The number of alkyl halides is 3. The smallest absolute Gasteiger partial charge is 0.395 e. The van der Waals surface area contributed by atoms with Crippen LogP contribution in [0, 0.1) is 13.8 Å². The van der Waals surface area contributed by atoms with E-state index in [-0.39, 0.29) is 37.7 Å². The Morgan fingerprint density at radius 1 is 1.05 bits per heavy atom. The number of aryl methyl sites for hydroxylation is 2. The lowest BCUT2D eigenvalue weighted by molar-refractivity contribution is -0.143. The molecule has 39 heavy (non-hydrogen) atoms. The van der Waals surface area contributed by atoms with E-state index in [2.05, 4.69) is 31.1 Å². The van der Waals surface area contributed by atoms with Crippen molar-refractivity contribution in [2.45, 2.75) is 42.9 Å². The van der Waals surface area contributed by atoms with Crippen molar-refractivity contribution in [2.75, 3.05) is 26.2 Å². The van der Waals surface area contributed by atoms with E-state index in [1.165, 1.54) is 18.2 Å². The van der Waals surface area contributed by atoms with E-state index in [0.717, 1.165) is 31.9 Å². The van der Waals surface area contributed by atoms with Gasteiger partial charge in [0.1, 0.15) is 4.90 Å². The van der Waals surface area contributed by atoms with Crippen LogP contribution in [0.5, 0.6) is 0 Å². The third kappa shape index (κ3) is 4.93. The largest absolute Gasteiger partial charge is 0.436 e. The lowest BCUT2D eigenvalue weighted by atomic mass is 9.74. The summed E-state index contributed by atoms with van der Waals surface area (Å²) < 4.78 is 69.9. The maximum absolute atomic E-state index is 13.6. The Labute approximate surface area is 226 Å². The molecule has 0 aliphatic carbocycles. The molecular weight excluding hydrogens is 529 g/mol. The maximum Gasteiger partial charge on any atom is 0.436 e. The molecule has 2 aliphatic rings. The number of aliphatic hydroxyl groups excluding tert-OH is 1. The molecule has 5 rings (SSSR count). The van der Waals surface area contributed by atoms with Crippen molar-refractivity contribution in [3.8, 4) is 11.1 Å². The van der Waals surface area contributed by atoms with Gasteiger partial charge in [-0.3, -0.25) is 9.58 Å². The maximum atomic E-state index is 13.6. The molecule has 1 N–H and O–H groups in total. The van der Waals surface area contributed by atoms with Crippen LogP contribution < -0.4 is 0 Å². The quantitative estimate of drug-likeness (QED) is 0.476. The molecule has 1 fully saturated rings. The first-order valence-corrected chi connectivity index (χ1v) is 14.2. The Hall–Kier alpha value is -2.99. The number of hydrogen-bond donors (Lipinski definition) is 1. The summed E-state index contributed by atoms with van der Waals surface area (Å²) in [5, 5.41) is 13.6. The predicted octanol–water partition coefficient (Wildman–Crippen LogP) is 4.11. The number of rotatable bonds is 5. The van der Waals surface area contributed by atoms with E-state index in [0.29, 0.717) is 6.54 Å². The number of hydrogen-bond acceptors (Lipinski definition) is 5. The van der Waals surface area contributed by atoms with Crippen LogP contribution in [0.2, 0.25) is 0 Å². The van der Waals surface area contributed by atoms with Gasteiger partial charge in [0.2, 0.25) is 10.0 Å². The summed E-state index contributed by atoms with van der Waals surface area (Å²) in [5.74, 6) is -0.192. The molecule has 7 nitrogen and oxygen atoms in total. The lowest BCUT2D eigenvalue weighted by Crippen LogP contribution is -2.67. The minimum Gasteiger partial charge on any atom is -0.395 e. The molecule has 0 spiro atoms. The number of benzene rings is 2. The molecule has 1 saturated heterocycles. The summed E-state index contributed by atoms with van der Waals surface area (Å²) in [7, 11) is -3.25. The van der Waals surface area contributed by atoms with Gasteiger partial charge in [0.25, 0.3) is 0 Å². The second-order valence-electron chi connectivity index (χ2n) is 10.2. The number of halogens is 3. The van der Waals surface area contributed by atoms with Crippen molar-refractivity contribution in [1.29, 1.82) is 0 Å². The molecule has 1 unspecified atom stereocenters. The van der Waals surface area contributed by atoms with Crippen LogP contribution in [0.15, 0.2) is 65.7 Å². The summed E-state index contributed by atoms with van der Waals surface area (Å²) in [4.78, 5) is 1.15. The molecule has 0 bridgehead atoms. The number of fused-ring (bicyclic) bond motifs is 1. The van der Waals surface area contributed by atoms with E-state index in [9.17, 15) is 26.7 Å². The fourth-order valence-electron chi connectivity index (χ4n) is 5.77. The van der Waals surface area contributed by atoms with Gasteiger partial charge in [-0.2, -0.15) is 22.6 Å². The minimum absolute atomic E-state index is 0.0151. The molecule has 0 amide bonds. The lowest BCUT2D eigenvalue weighted by Gasteiger charge is -2.56. The summed E-state index contributed by atoms with van der Waals surface area (Å²) in [6, 6.07) is 13.6. The SMILES string of the molecule is Cc1cccc(-c2ccc([C@H]3C4CN(S(=O)(=O)c5cn(C)nc5C(F)(F)F)CC=CCN4[C@@H]3CO)cc2)c1C. The first-order chi connectivity index (χ1) is 18.4. The second-order valence-corrected chi connectivity index (χ2v) is 12.1. The fourth-order valence-corrected chi connectivity index (χ4v) is 7.37. The zero-order chi connectivity index (χ0) is 28.1. The summed E-state index contributed by atoms with van der Waals surface area (Å²) in [6.07, 6.45) is -0.574. The van der Waals surface area contributed by atoms with Crippen molar-refractivity contribution >= 4 is 10.0 Å². The van der Waals surface area contributed by atoms with Gasteiger partial charge >= 0.3 is 6.18 Å². The Balaban J connectivity index is 1.47. The van der Waals surface area contributed by atoms with Crippen molar-refractivity contribution in [2.24, 2.45) is 7.05 Å². The Bertz CT molecular complexity index is 1500. The summed E-state index contributed by atoms with van der Waals surface area (Å²) in [6.45, 7) is 4.46. The van der Waals surface area contributed by atoms with Gasteiger partial charge in [0.05, 0.1) is 6.61 Å². The van der Waals surface area contributed by atoms with Crippen LogP contribution in [0.4, 0.5) is 13.2 Å². The molecule has 0 saturated carbocycles. The molecular formula is C28H31F3N4O3S. The number of nitrogens with zero attached hydrogens (tertiary/aromatic N) is 4. The van der Waals surface area contributed by atoms with Crippen LogP contribution in [-0.4, -0.2) is 70.8 Å². The fraction of sp³-hybridized carbons (Fsp3) is 0.393. The third-order valence-electron chi connectivity index (χ3n) is 7.94. The highest BCUT2D eigenvalue weighted by molar-refractivity contribution is 7.89. The summed E-state index contributed by atoms with van der Waals surface area (Å²) >= 11 is 0. The van der Waals surface area contributed by atoms with Gasteiger partial charge in [0.15, 0.2) is 5.69 Å². The molecule has 1 aromatic heterocycles. The Kier molecular flexibility index (Phi) is 7.21. The number of aliphatic hydroxyl groups is 1. The minimum atomic E-state index is -4.91. The van der Waals surface area contributed by atoms with Crippen molar-refractivity contribution in [3.05, 3.63) is 83.2 Å². The monoisotopic (exact) mass is 560 g/mol. The number of aromatic nitrogens is 2. The molecule has 2 aliphatic heterocycles. The standard InChI is InChI=1S/C28H31F3N4O3S/c1-18-7-6-8-22(19(18)2)20-9-11-21(12-10-20)26-23-15-34(13-4-5-14-35(23)24(26)17-36)39(37,38)25-16-33(3)32-27(25)28(29,30)31/h4-12,16,23-24,26,36H,13-15,17H2,1-3H3/t23?,24-,26+/m1/s1. The van der Waals surface area contributed by atoms with Crippen molar-refractivity contribution < 1.29 is 26.7 Å². The van der Waals surface area contributed by atoms with Gasteiger partial charge in [-0.15, -0.1) is 0 Å². The molecule has 11 heteroatoms. The molecule has 3 heterocycles. The average molecular weight is 561 g/mol. The van der Waals surface area contributed by atoms with Gasteiger partial charge in [-0.05, 0) is 41.7 Å². The normalized spacial score (nSPS) is 22.7. The highest BCUT2D eigenvalue weighted by Gasteiger charge is 2.51. The Morgan fingerprint density at radius 3 is 2.41 bits per heavy atom. The van der Waals surface area contributed by atoms with E-state index in [4.69, 9.17) is 0 Å². The van der Waals surface area contributed by atoms with Crippen LogP contribution in [0.25, 0.3) is 11.1 Å². The average Bonchev–Trinajstić information content (AvgIpc) is 3.28. The highest BCUT2D eigenvalue weighted by Crippen LogP contribution is 2.43. The molecule has 0 radical (unpaired) electrons. The highest BCUT2D eigenvalue weighted by atomic mass is 32.2. The van der Waals surface area contributed by atoms with E-state index in [1.807, 2.05) is 35.2 Å². The molecule has 3 atom stereocenters. The second kappa shape index (κ2) is 10.2. The van der Waals surface area contributed by atoms with Crippen LogP contribution in [0.3, 0.4) is 0 Å². The van der Waals surface area contributed by atoms with Crippen LogP contribution >= 0.6 is 0 Å². The first kappa shape index (κ1) is 27.6. The van der Waals surface area contributed by atoms with Gasteiger partial charge in [-0.25, -0.2) is 8.42 Å². The van der Waals surface area contributed by atoms with E-state index < -0.39 is 26.8 Å². The zero-order valence-electron chi connectivity index (χ0n) is 21.9. The third-order valence-corrected chi connectivity index (χ3v) is 9.78. The van der Waals surface area contributed by atoms with Crippen LogP contribution in [-0.2, 0) is 23.2 Å².